The van der Waals surface area contributed by atoms with Crippen LogP contribution in [0.25, 0.3) is 10.9 Å². The molecule has 2 heteroatoms. The number of aliphatic hydroxyl groups excluding tert-OH is 1. The summed E-state index contributed by atoms with van der Waals surface area (Å²) in [5.74, 6) is 0. The molecule has 3 aromatic rings. The molecule has 0 spiro atoms. The Kier molecular flexibility index (Phi) is 2.88. The Morgan fingerprint density at radius 1 is 1.00 bits per heavy atom. The Balaban J connectivity index is 2.21. The van der Waals surface area contributed by atoms with Gasteiger partial charge in [-0.05, 0) is 29.7 Å². The normalized spacial score (nSPS) is 12.8. The Labute approximate surface area is 112 Å². The van der Waals surface area contributed by atoms with Crippen molar-refractivity contribution < 1.29 is 5.11 Å². The fourth-order valence-corrected chi connectivity index (χ4v) is 2.75. The minimum absolute atomic E-state index is 0.578. The zero-order valence-corrected chi connectivity index (χ0v) is 11.2. The number of aliphatic hydroxyl groups is 1. The maximum atomic E-state index is 10.6. The van der Waals surface area contributed by atoms with Crippen LogP contribution in [0.4, 0.5) is 0 Å². The van der Waals surface area contributed by atoms with Gasteiger partial charge in [0.05, 0.1) is 0 Å². The Bertz CT molecular complexity index is 713. The van der Waals surface area contributed by atoms with E-state index in [-0.39, 0.29) is 0 Å². The van der Waals surface area contributed by atoms with E-state index < -0.39 is 6.10 Å². The summed E-state index contributed by atoms with van der Waals surface area (Å²) in [7, 11) is 2.04. The first-order chi connectivity index (χ1) is 9.18. The lowest BCUT2D eigenvalue weighted by Gasteiger charge is -2.13. The quantitative estimate of drug-likeness (QED) is 0.740. The van der Waals surface area contributed by atoms with Crippen molar-refractivity contribution in [1.29, 1.82) is 0 Å². The van der Waals surface area contributed by atoms with Crippen LogP contribution in [0.2, 0.25) is 0 Å². The van der Waals surface area contributed by atoms with E-state index in [1.165, 1.54) is 5.56 Å². The monoisotopic (exact) mass is 251 g/mol. The predicted molar refractivity (Wildman–Crippen MR) is 78.2 cm³/mol. The first-order valence-electron chi connectivity index (χ1n) is 6.46. The first kappa shape index (κ1) is 12.0. The molecule has 0 aliphatic carbocycles. The van der Waals surface area contributed by atoms with E-state index in [0.29, 0.717) is 0 Å². The van der Waals surface area contributed by atoms with Gasteiger partial charge >= 0.3 is 0 Å². The molecule has 1 atom stereocenters. The van der Waals surface area contributed by atoms with Crippen molar-refractivity contribution in [3.63, 3.8) is 0 Å². The average molecular weight is 251 g/mol. The number of aromatic nitrogens is 1. The van der Waals surface area contributed by atoms with Crippen molar-refractivity contribution in [2.24, 2.45) is 7.05 Å². The Morgan fingerprint density at radius 2 is 1.74 bits per heavy atom. The van der Waals surface area contributed by atoms with Gasteiger partial charge in [-0.3, -0.25) is 0 Å². The van der Waals surface area contributed by atoms with Gasteiger partial charge in [0, 0.05) is 24.1 Å². The first-order valence-corrected chi connectivity index (χ1v) is 6.46. The van der Waals surface area contributed by atoms with E-state index in [1.807, 2.05) is 49.5 Å². The van der Waals surface area contributed by atoms with Crippen molar-refractivity contribution in [3.05, 3.63) is 71.4 Å². The largest absolute Gasteiger partial charge is 0.384 e. The molecule has 0 bridgehead atoms. The van der Waals surface area contributed by atoms with Crippen molar-refractivity contribution in [2.45, 2.75) is 13.0 Å². The van der Waals surface area contributed by atoms with Crippen LogP contribution in [0, 0.1) is 6.92 Å². The molecule has 0 aliphatic rings. The van der Waals surface area contributed by atoms with E-state index in [0.717, 1.165) is 22.0 Å². The molecule has 2 nitrogen and oxygen atoms in total. The average Bonchev–Trinajstić information content (AvgIpc) is 2.74. The summed E-state index contributed by atoms with van der Waals surface area (Å²) in [5, 5.41) is 11.8. The second kappa shape index (κ2) is 4.56. The van der Waals surface area contributed by atoms with E-state index in [4.69, 9.17) is 0 Å². The SMILES string of the molecule is Cc1cn(C)c2cccc(C(O)c3ccccc3)c12. The molecule has 0 saturated heterocycles. The fourth-order valence-electron chi connectivity index (χ4n) is 2.75. The molecule has 0 amide bonds. The standard InChI is InChI=1S/C17H17NO/c1-12-11-18(2)15-10-6-9-14(16(12)15)17(19)13-7-4-3-5-8-13/h3-11,17,19H,1-2H3. The third kappa shape index (κ3) is 1.94. The topological polar surface area (TPSA) is 25.2 Å². The maximum Gasteiger partial charge on any atom is 0.105 e. The zero-order valence-electron chi connectivity index (χ0n) is 11.2. The lowest BCUT2D eigenvalue weighted by molar-refractivity contribution is 0.222. The molecule has 1 heterocycles. The molecule has 19 heavy (non-hydrogen) atoms. The number of nitrogens with zero attached hydrogens (tertiary/aromatic N) is 1. The smallest absolute Gasteiger partial charge is 0.105 e. The lowest BCUT2D eigenvalue weighted by Crippen LogP contribution is -2.00. The Hall–Kier alpha value is -2.06. The van der Waals surface area contributed by atoms with Gasteiger partial charge < -0.3 is 9.67 Å². The molecular weight excluding hydrogens is 234 g/mol. The summed E-state index contributed by atoms with van der Waals surface area (Å²) in [6.45, 7) is 2.09. The predicted octanol–water partition coefficient (Wildman–Crippen LogP) is 3.57. The molecule has 0 saturated carbocycles. The third-order valence-electron chi connectivity index (χ3n) is 3.65. The van der Waals surface area contributed by atoms with Crippen molar-refractivity contribution in [1.82, 2.24) is 4.57 Å². The van der Waals surface area contributed by atoms with Crippen LogP contribution in [-0.4, -0.2) is 9.67 Å². The van der Waals surface area contributed by atoms with Gasteiger partial charge in [-0.15, -0.1) is 0 Å². The summed E-state index contributed by atoms with van der Waals surface area (Å²) in [6, 6.07) is 15.9. The number of hydrogen-bond acceptors (Lipinski definition) is 1. The van der Waals surface area contributed by atoms with Crippen LogP contribution in [-0.2, 0) is 7.05 Å². The van der Waals surface area contributed by atoms with Crippen molar-refractivity contribution in [2.75, 3.05) is 0 Å². The molecule has 1 N–H and O–H groups in total. The van der Waals surface area contributed by atoms with Gasteiger partial charge in [0.25, 0.3) is 0 Å². The highest BCUT2D eigenvalue weighted by Gasteiger charge is 2.16. The van der Waals surface area contributed by atoms with Crippen LogP contribution in [0.3, 0.4) is 0 Å². The summed E-state index contributed by atoms with van der Waals surface area (Å²) in [4.78, 5) is 0. The third-order valence-corrected chi connectivity index (χ3v) is 3.65. The molecule has 0 radical (unpaired) electrons. The van der Waals surface area contributed by atoms with Gasteiger partial charge in [-0.2, -0.15) is 0 Å². The van der Waals surface area contributed by atoms with Crippen LogP contribution in [0.5, 0.6) is 0 Å². The zero-order chi connectivity index (χ0) is 13.4. The van der Waals surface area contributed by atoms with E-state index in [1.54, 1.807) is 0 Å². The second-order valence-corrected chi connectivity index (χ2v) is 4.98. The Morgan fingerprint density at radius 3 is 2.47 bits per heavy atom. The summed E-state index contributed by atoms with van der Waals surface area (Å²) in [6.07, 6.45) is 1.53. The van der Waals surface area contributed by atoms with E-state index in [9.17, 15) is 5.11 Å². The minimum Gasteiger partial charge on any atom is -0.384 e. The molecule has 0 fully saturated rings. The molecular formula is C17H17NO. The summed E-state index contributed by atoms with van der Waals surface area (Å²) in [5.41, 5.74) is 4.26. The summed E-state index contributed by atoms with van der Waals surface area (Å²) < 4.78 is 2.10. The van der Waals surface area contributed by atoms with E-state index >= 15 is 0 Å². The number of rotatable bonds is 2. The highest BCUT2D eigenvalue weighted by atomic mass is 16.3. The molecule has 1 unspecified atom stereocenters. The molecule has 0 aliphatic heterocycles. The van der Waals surface area contributed by atoms with Crippen LogP contribution in [0.1, 0.15) is 22.8 Å². The van der Waals surface area contributed by atoms with E-state index in [2.05, 4.69) is 23.8 Å². The van der Waals surface area contributed by atoms with Gasteiger partial charge in [-0.25, -0.2) is 0 Å². The van der Waals surface area contributed by atoms with Gasteiger partial charge in [0.2, 0.25) is 0 Å². The number of hydrogen-bond donors (Lipinski definition) is 1. The van der Waals surface area contributed by atoms with Crippen LogP contribution < -0.4 is 0 Å². The highest BCUT2D eigenvalue weighted by Crippen LogP contribution is 2.31. The molecule has 3 rings (SSSR count). The van der Waals surface area contributed by atoms with Crippen molar-refractivity contribution in [3.8, 4) is 0 Å². The van der Waals surface area contributed by atoms with Crippen LogP contribution in [0.15, 0.2) is 54.7 Å². The maximum absolute atomic E-state index is 10.6. The fraction of sp³-hybridized carbons (Fsp3) is 0.176. The molecule has 96 valence electrons. The second-order valence-electron chi connectivity index (χ2n) is 4.98. The minimum atomic E-state index is -0.578. The number of benzene rings is 2. The lowest BCUT2D eigenvalue weighted by atomic mass is 9.97. The molecule has 1 aromatic heterocycles. The van der Waals surface area contributed by atoms with Gasteiger partial charge in [0.1, 0.15) is 6.10 Å². The summed E-state index contributed by atoms with van der Waals surface area (Å²) >= 11 is 0. The molecule has 2 aromatic carbocycles. The number of fused-ring (bicyclic) bond motifs is 1. The van der Waals surface area contributed by atoms with Gasteiger partial charge in [-0.1, -0.05) is 42.5 Å². The van der Waals surface area contributed by atoms with Crippen molar-refractivity contribution >= 4 is 10.9 Å². The highest BCUT2D eigenvalue weighted by molar-refractivity contribution is 5.87. The van der Waals surface area contributed by atoms with Crippen LogP contribution >= 0.6 is 0 Å². The van der Waals surface area contributed by atoms with Gasteiger partial charge in [0.15, 0.2) is 0 Å². The number of aryl methyl sites for hydroxylation is 2.